The highest BCUT2D eigenvalue weighted by atomic mass is 32.2. The third-order valence-corrected chi connectivity index (χ3v) is 6.87. The summed E-state index contributed by atoms with van der Waals surface area (Å²) >= 11 is 0. The summed E-state index contributed by atoms with van der Waals surface area (Å²) in [6.45, 7) is 1.26. The Bertz CT molecular complexity index is 923. The minimum Gasteiger partial charge on any atom is -0.394 e. The second-order valence-electron chi connectivity index (χ2n) is 7.64. The molecular weight excluding hydrogens is 426 g/mol. The number of nitriles is 1. The molecule has 5 atom stereocenters. The average molecular weight is 454 g/mol. The zero-order valence-corrected chi connectivity index (χ0v) is 17.6. The minimum atomic E-state index is -4.45. The van der Waals surface area contributed by atoms with E-state index in [0.29, 0.717) is 5.56 Å². The Kier molecular flexibility index (Phi) is 7.66. The predicted molar refractivity (Wildman–Crippen MR) is 112 cm³/mol. The van der Waals surface area contributed by atoms with Crippen LogP contribution < -0.4 is 9.62 Å². The number of hydrogen-bond donors (Lipinski definition) is 5. The molecule has 1 aromatic rings. The van der Waals surface area contributed by atoms with E-state index in [2.05, 4.69) is 4.90 Å². The smallest absolute Gasteiger partial charge is 0.251 e. The van der Waals surface area contributed by atoms with Gasteiger partial charge in [0, 0.05) is 18.8 Å². The topological polar surface area (TPSA) is 163 Å². The molecule has 0 spiro atoms. The second kappa shape index (κ2) is 10.1. The van der Waals surface area contributed by atoms with E-state index in [1.165, 1.54) is 12.5 Å². The molecule has 0 aliphatic carbocycles. The molecule has 1 unspecified atom stereocenters. The van der Waals surface area contributed by atoms with Gasteiger partial charge in [0.2, 0.25) is 0 Å². The SMILES string of the molecule is N#C/C(=C\c1ccc(N2CCCCC2)cc1)S(=O)(=O)N[C@H]1C(O)O[C@H](CO)[C@@H](O)[C@@H]1O. The highest BCUT2D eigenvalue weighted by molar-refractivity contribution is 7.93. The lowest BCUT2D eigenvalue weighted by molar-refractivity contribution is -0.251. The Morgan fingerprint density at radius 2 is 1.81 bits per heavy atom. The van der Waals surface area contributed by atoms with Crippen LogP contribution in [0.2, 0.25) is 0 Å². The highest BCUT2D eigenvalue weighted by Gasteiger charge is 2.45. The lowest BCUT2D eigenvalue weighted by Gasteiger charge is -2.40. The van der Waals surface area contributed by atoms with Gasteiger partial charge in [0.25, 0.3) is 10.0 Å². The number of rotatable bonds is 6. The van der Waals surface area contributed by atoms with Crippen LogP contribution in [0.3, 0.4) is 0 Å². The van der Waals surface area contributed by atoms with Crippen LogP contribution in [0.5, 0.6) is 0 Å². The fourth-order valence-electron chi connectivity index (χ4n) is 3.72. The summed E-state index contributed by atoms with van der Waals surface area (Å²) in [6.07, 6.45) is -1.83. The van der Waals surface area contributed by atoms with Crippen molar-refractivity contribution in [2.24, 2.45) is 0 Å². The van der Waals surface area contributed by atoms with Crippen molar-refractivity contribution in [3.05, 3.63) is 34.7 Å². The fourth-order valence-corrected chi connectivity index (χ4v) is 4.87. The summed E-state index contributed by atoms with van der Waals surface area (Å²) < 4.78 is 32.3. The molecule has 0 bridgehead atoms. The molecular formula is C20H27N3O7S. The third kappa shape index (κ3) is 5.42. The Labute approximate surface area is 181 Å². The zero-order chi connectivity index (χ0) is 22.6. The molecule has 170 valence electrons. The number of piperidine rings is 1. The molecule has 0 saturated carbocycles. The molecule has 0 radical (unpaired) electrons. The molecule has 2 saturated heterocycles. The summed E-state index contributed by atoms with van der Waals surface area (Å²) in [5, 5.41) is 48.5. The fraction of sp³-hybridized carbons (Fsp3) is 0.550. The zero-order valence-electron chi connectivity index (χ0n) is 16.8. The van der Waals surface area contributed by atoms with E-state index in [1.54, 1.807) is 18.2 Å². The van der Waals surface area contributed by atoms with E-state index in [9.17, 15) is 29.0 Å². The summed E-state index contributed by atoms with van der Waals surface area (Å²) in [6, 6.07) is 7.13. The Hall–Kier alpha value is -2.04. The van der Waals surface area contributed by atoms with Gasteiger partial charge < -0.3 is 30.1 Å². The molecule has 11 heteroatoms. The van der Waals surface area contributed by atoms with Crippen LogP contribution in [0.25, 0.3) is 6.08 Å². The van der Waals surface area contributed by atoms with Crippen LogP contribution in [0.4, 0.5) is 5.69 Å². The number of benzene rings is 1. The van der Waals surface area contributed by atoms with E-state index >= 15 is 0 Å². The first kappa shape index (κ1) is 23.6. The lowest BCUT2D eigenvalue weighted by Crippen LogP contribution is -2.64. The monoisotopic (exact) mass is 453 g/mol. The molecule has 0 amide bonds. The van der Waals surface area contributed by atoms with Crippen molar-refractivity contribution in [2.45, 2.75) is 49.9 Å². The van der Waals surface area contributed by atoms with E-state index in [4.69, 9.17) is 9.84 Å². The van der Waals surface area contributed by atoms with Crippen LogP contribution >= 0.6 is 0 Å². The number of hydrogen-bond acceptors (Lipinski definition) is 9. The van der Waals surface area contributed by atoms with Crippen LogP contribution in [-0.4, -0.2) is 79.2 Å². The first-order valence-electron chi connectivity index (χ1n) is 10.1. The van der Waals surface area contributed by atoms with Gasteiger partial charge in [-0.25, -0.2) is 8.42 Å². The standard InChI is InChI=1S/C20H27N3O7S/c21-11-15(10-13-4-6-14(7-5-13)23-8-2-1-3-9-23)31(28,29)22-17-19(26)18(25)16(12-24)30-20(17)27/h4-7,10,16-20,22,24-27H,1-3,8-9,12H2/b15-10+/t16-,17-,18-,19-,20?/m1/s1. The van der Waals surface area contributed by atoms with Crippen LogP contribution in [-0.2, 0) is 14.8 Å². The Morgan fingerprint density at radius 1 is 1.16 bits per heavy atom. The molecule has 2 aliphatic rings. The van der Waals surface area contributed by atoms with Crippen molar-refractivity contribution in [2.75, 3.05) is 24.6 Å². The number of anilines is 1. The summed E-state index contributed by atoms with van der Waals surface area (Å²) in [7, 11) is -4.45. The first-order chi connectivity index (χ1) is 14.8. The normalized spacial score (nSPS) is 30.1. The number of aliphatic hydroxyl groups is 4. The largest absolute Gasteiger partial charge is 0.394 e. The molecule has 5 N–H and O–H groups in total. The van der Waals surface area contributed by atoms with E-state index in [-0.39, 0.29) is 0 Å². The van der Waals surface area contributed by atoms with Gasteiger partial charge in [0.05, 0.1) is 6.61 Å². The van der Waals surface area contributed by atoms with Crippen LogP contribution in [0.15, 0.2) is 29.2 Å². The van der Waals surface area contributed by atoms with Gasteiger partial charge in [-0.15, -0.1) is 0 Å². The number of nitrogens with one attached hydrogen (secondary N) is 1. The molecule has 2 heterocycles. The molecule has 3 rings (SSSR count). The van der Waals surface area contributed by atoms with Crippen LogP contribution in [0.1, 0.15) is 24.8 Å². The van der Waals surface area contributed by atoms with Crippen LogP contribution in [0, 0.1) is 11.3 Å². The van der Waals surface area contributed by atoms with Gasteiger partial charge in [0.1, 0.15) is 30.4 Å². The van der Waals surface area contributed by atoms with Crippen molar-refractivity contribution in [3.63, 3.8) is 0 Å². The summed E-state index contributed by atoms with van der Waals surface area (Å²) in [5.74, 6) is 0. The second-order valence-corrected chi connectivity index (χ2v) is 9.32. The van der Waals surface area contributed by atoms with Gasteiger partial charge in [-0.2, -0.15) is 9.98 Å². The van der Waals surface area contributed by atoms with Crippen molar-refractivity contribution < 1.29 is 33.6 Å². The molecule has 10 nitrogen and oxygen atoms in total. The van der Waals surface area contributed by atoms with Crippen molar-refractivity contribution >= 4 is 21.8 Å². The van der Waals surface area contributed by atoms with E-state index in [0.717, 1.165) is 31.6 Å². The van der Waals surface area contributed by atoms with Crippen molar-refractivity contribution in [1.29, 1.82) is 5.26 Å². The average Bonchev–Trinajstić information content (AvgIpc) is 2.78. The summed E-state index contributed by atoms with van der Waals surface area (Å²) in [5.41, 5.74) is 1.51. The molecule has 31 heavy (non-hydrogen) atoms. The number of sulfonamides is 1. The maximum absolute atomic E-state index is 12.7. The number of aliphatic hydroxyl groups excluding tert-OH is 4. The third-order valence-electron chi connectivity index (χ3n) is 5.50. The minimum absolute atomic E-state index is 0.490. The van der Waals surface area contributed by atoms with Gasteiger partial charge >= 0.3 is 0 Å². The maximum atomic E-state index is 12.7. The van der Waals surface area contributed by atoms with Crippen molar-refractivity contribution in [3.8, 4) is 6.07 Å². The first-order valence-corrected chi connectivity index (χ1v) is 11.5. The predicted octanol–water partition coefficient (Wildman–Crippen LogP) is -0.739. The Morgan fingerprint density at radius 3 is 2.39 bits per heavy atom. The van der Waals surface area contributed by atoms with Gasteiger partial charge in [-0.05, 0) is 43.0 Å². The van der Waals surface area contributed by atoms with E-state index < -0.39 is 52.2 Å². The number of allylic oxidation sites excluding steroid dienone is 1. The molecule has 2 aliphatic heterocycles. The lowest BCUT2D eigenvalue weighted by atomic mass is 9.98. The Balaban J connectivity index is 1.76. The quantitative estimate of drug-likeness (QED) is 0.349. The summed E-state index contributed by atoms with van der Waals surface area (Å²) in [4.78, 5) is 1.62. The van der Waals surface area contributed by atoms with E-state index in [1.807, 2.05) is 16.9 Å². The van der Waals surface area contributed by atoms with Gasteiger partial charge in [-0.1, -0.05) is 12.1 Å². The molecule has 2 fully saturated rings. The number of nitrogens with zero attached hydrogens (tertiary/aromatic N) is 2. The highest BCUT2D eigenvalue weighted by Crippen LogP contribution is 2.23. The van der Waals surface area contributed by atoms with Gasteiger partial charge in [0.15, 0.2) is 11.2 Å². The molecule has 0 aromatic heterocycles. The van der Waals surface area contributed by atoms with Gasteiger partial charge in [-0.3, -0.25) is 0 Å². The molecule has 1 aromatic carbocycles. The van der Waals surface area contributed by atoms with Crippen molar-refractivity contribution in [1.82, 2.24) is 4.72 Å². The maximum Gasteiger partial charge on any atom is 0.251 e. The number of ether oxygens (including phenoxy) is 1.